The van der Waals surface area contributed by atoms with Gasteiger partial charge < -0.3 is 4.90 Å². The number of pyridine rings is 1. The first-order valence-corrected chi connectivity index (χ1v) is 15.7. The number of H-pyrrole nitrogens is 1. The molecule has 1 N–H and O–H groups in total. The van der Waals surface area contributed by atoms with E-state index in [0.29, 0.717) is 25.0 Å². The predicted octanol–water partition coefficient (Wildman–Crippen LogP) is 3.38. The van der Waals surface area contributed by atoms with Crippen LogP contribution in [0.15, 0.2) is 16.9 Å². The number of fused-ring (bicyclic) bond motifs is 2. The van der Waals surface area contributed by atoms with E-state index in [4.69, 9.17) is 4.74 Å². The van der Waals surface area contributed by atoms with Crippen molar-refractivity contribution in [1.82, 2.24) is 14.8 Å². The number of aryl methyl sites for hydroxylation is 1. The van der Waals surface area contributed by atoms with Crippen molar-refractivity contribution in [2.45, 2.75) is 83.3 Å². The Bertz CT molecular complexity index is 1250. The van der Waals surface area contributed by atoms with Gasteiger partial charge in [0.1, 0.15) is 0 Å². The van der Waals surface area contributed by atoms with Gasteiger partial charge in [-0.15, -0.1) is 0 Å². The zero-order chi connectivity index (χ0) is 25.8. The van der Waals surface area contributed by atoms with E-state index < -0.39 is 0 Å². The van der Waals surface area contributed by atoms with Crippen LogP contribution in [0, 0.1) is 19.8 Å². The average Bonchev–Trinajstić information content (AvgIpc) is 3.19. The van der Waals surface area contributed by atoms with Crippen molar-refractivity contribution in [3.05, 3.63) is 56.0 Å². The van der Waals surface area contributed by atoms with Crippen molar-refractivity contribution >= 4 is 25.3 Å². The third-order valence-electron chi connectivity index (χ3n) is 8.79. The summed E-state index contributed by atoms with van der Waals surface area (Å²) in [6.45, 7) is 7.24. The summed E-state index contributed by atoms with van der Waals surface area (Å²) in [6.07, 6.45) is 6.54. The number of aromatic amines is 1. The van der Waals surface area contributed by atoms with E-state index in [2.05, 4.69) is 48.9 Å². The minimum absolute atomic E-state index is 0.0229. The van der Waals surface area contributed by atoms with Crippen LogP contribution in [-0.4, -0.2) is 67.9 Å². The molecule has 1 amide bonds. The summed E-state index contributed by atoms with van der Waals surface area (Å²) in [4.78, 5) is 33.6. The number of rotatable bonds is 5. The monoisotopic (exact) mass is 557 g/mol. The molecule has 0 bridgehead atoms. The molecular formula is C29H39N3O3Se. The number of benzene rings is 1. The fraction of sp³-hybridized carbons (Fsp3) is 0.586. The van der Waals surface area contributed by atoms with E-state index in [1.807, 2.05) is 18.7 Å². The topological polar surface area (TPSA) is 65.6 Å². The standard InChI is InChI=1S/C29H39N3O3Se/c1-17-13-24(36-6)23(27(33)30-17)16-32-12-11-19-14-20-15-29(3,21-7-9-22(10-8-21)31(4)5)35-26(20)18(2)25(19)28(32)34/h13-14,21-22H,7-12,15-16H2,1-6H3,(H,30,33)/t21?,22?,29-/m0/s1. The maximum absolute atomic E-state index is 13.7. The molecule has 36 heavy (non-hydrogen) atoms. The fourth-order valence-corrected chi connectivity index (χ4v) is 8.13. The second kappa shape index (κ2) is 9.66. The van der Waals surface area contributed by atoms with Crippen LogP contribution in [0.2, 0.25) is 5.82 Å². The quantitative estimate of drug-likeness (QED) is 0.574. The van der Waals surface area contributed by atoms with Gasteiger partial charge in [-0.1, -0.05) is 0 Å². The average molecular weight is 557 g/mol. The van der Waals surface area contributed by atoms with Crippen molar-refractivity contribution in [3.63, 3.8) is 0 Å². The summed E-state index contributed by atoms with van der Waals surface area (Å²) in [5, 5.41) is 0. The molecule has 3 aliphatic rings. The molecule has 0 spiro atoms. The third kappa shape index (κ3) is 4.44. The molecule has 3 heterocycles. The predicted molar refractivity (Wildman–Crippen MR) is 145 cm³/mol. The Morgan fingerprint density at radius 3 is 2.53 bits per heavy atom. The molecule has 0 unspecified atom stereocenters. The van der Waals surface area contributed by atoms with E-state index in [1.165, 1.54) is 31.2 Å². The van der Waals surface area contributed by atoms with Gasteiger partial charge in [-0.25, -0.2) is 0 Å². The van der Waals surface area contributed by atoms with E-state index in [-0.39, 0.29) is 32.0 Å². The van der Waals surface area contributed by atoms with Crippen LogP contribution in [0.5, 0.6) is 5.75 Å². The summed E-state index contributed by atoms with van der Waals surface area (Å²) < 4.78 is 7.84. The SMILES string of the molecule is C[Se]c1cc(C)[nH]c(=O)c1CN1CCc2cc3c(c(C)c2C1=O)O[C@](C)(C1CCC(N(C)C)CC1)C3. The molecule has 0 radical (unpaired) electrons. The number of nitrogens with zero attached hydrogens (tertiary/aromatic N) is 2. The van der Waals surface area contributed by atoms with Crippen molar-refractivity contribution in [1.29, 1.82) is 0 Å². The molecular weight excluding hydrogens is 517 g/mol. The van der Waals surface area contributed by atoms with Crippen LogP contribution in [0.4, 0.5) is 0 Å². The first kappa shape index (κ1) is 25.6. The van der Waals surface area contributed by atoms with Crippen LogP contribution in [0.1, 0.15) is 70.9 Å². The number of hydrogen-bond donors (Lipinski definition) is 1. The third-order valence-corrected chi connectivity index (χ3v) is 10.5. The molecule has 1 fully saturated rings. The van der Waals surface area contributed by atoms with Gasteiger partial charge in [0, 0.05) is 6.04 Å². The van der Waals surface area contributed by atoms with Crippen LogP contribution in [0.25, 0.3) is 0 Å². The van der Waals surface area contributed by atoms with Crippen molar-refractivity contribution in [3.8, 4) is 5.75 Å². The van der Waals surface area contributed by atoms with Gasteiger partial charge in [-0.3, -0.25) is 0 Å². The summed E-state index contributed by atoms with van der Waals surface area (Å²) in [5.74, 6) is 3.60. The number of aromatic nitrogens is 1. The fourth-order valence-electron chi connectivity index (χ4n) is 6.66. The Labute approximate surface area is 220 Å². The number of hydrogen-bond acceptors (Lipinski definition) is 4. The molecule has 5 rings (SSSR count). The summed E-state index contributed by atoms with van der Waals surface area (Å²) in [6, 6.07) is 4.96. The molecule has 6 nitrogen and oxygen atoms in total. The van der Waals surface area contributed by atoms with Crippen LogP contribution in [-0.2, 0) is 19.4 Å². The van der Waals surface area contributed by atoms with Crippen molar-refractivity contribution < 1.29 is 9.53 Å². The van der Waals surface area contributed by atoms with E-state index in [1.54, 1.807) is 0 Å². The minimum atomic E-state index is -0.204. The number of carbonyl (C=O) groups is 1. The summed E-state index contributed by atoms with van der Waals surface area (Å²) in [5.41, 5.74) is 5.49. The second-order valence-corrected chi connectivity index (χ2v) is 13.2. The number of carbonyl (C=O) groups excluding carboxylic acids is 1. The zero-order valence-corrected chi connectivity index (χ0v) is 24.2. The summed E-state index contributed by atoms with van der Waals surface area (Å²) in [7, 11) is 4.36. The Kier molecular flexibility index (Phi) is 6.86. The van der Waals surface area contributed by atoms with Crippen LogP contribution >= 0.6 is 0 Å². The van der Waals surface area contributed by atoms with Gasteiger partial charge in [0.2, 0.25) is 0 Å². The van der Waals surface area contributed by atoms with Gasteiger partial charge in [0.05, 0.1) is 0 Å². The molecule has 1 atom stereocenters. The van der Waals surface area contributed by atoms with Crippen molar-refractivity contribution in [2.24, 2.45) is 5.92 Å². The molecule has 2 aromatic rings. The molecule has 0 saturated heterocycles. The molecule has 2 aliphatic heterocycles. The Morgan fingerprint density at radius 1 is 1.14 bits per heavy atom. The number of amides is 1. The molecule has 1 aliphatic carbocycles. The summed E-state index contributed by atoms with van der Waals surface area (Å²) >= 11 is 0.186. The zero-order valence-electron chi connectivity index (χ0n) is 22.5. The number of ether oxygens (including phenoxy) is 1. The maximum atomic E-state index is 13.7. The van der Waals surface area contributed by atoms with Gasteiger partial charge in [0.15, 0.2) is 0 Å². The first-order valence-electron chi connectivity index (χ1n) is 13.2. The Hall–Kier alpha value is -2.08. The first-order chi connectivity index (χ1) is 17.1. The van der Waals surface area contributed by atoms with Crippen LogP contribution in [0.3, 0.4) is 0 Å². The van der Waals surface area contributed by atoms with Gasteiger partial charge in [0.25, 0.3) is 0 Å². The van der Waals surface area contributed by atoms with Gasteiger partial charge >= 0.3 is 183 Å². The normalized spacial score (nSPS) is 25.6. The second-order valence-electron chi connectivity index (χ2n) is 11.4. The number of nitrogens with one attached hydrogen (secondary N) is 1. The van der Waals surface area contributed by atoms with Crippen molar-refractivity contribution in [2.75, 3.05) is 20.6 Å². The van der Waals surface area contributed by atoms with Crippen LogP contribution < -0.4 is 14.8 Å². The Balaban J connectivity index is 1.39. The van der Waals surface area contributed by atoms with E-state index in [0.717, 1.165) is 51.0 Å². The molecule has 1 saturated carbocycles. The van der Waals surface area contributed by atoms with E-state index in [9.17, 15) is 9.59 Å². The molecule has 7 heteroatoms. The molecule has 1 aromatic heterocycles. The van der Waals surface area contributed by atoms with Gasteiger partial charge in [-0.05, 0) is 26.9 Å². The van der Waals surface area contributed by atoms with E-state index >= 15 is 0 Å². The molecule has 1 aromatic carbocycles. The Morgan fingerprint density at radius 2 is 1.86 bits per heavy atom. The molecule has 194 valence electrons. The van der Waals surface area contributed by atoms with Gasteiger partial charge in [-0.2, -0.15) is 0 Å².